The highest BCUT2D eigenvalue weighted by atomic mass is 16.2. The number of benzene rings is 3. The molecule has 0 bridgehead atoms. The van der Waals surface area contributed by atoms with Gasteiger partial charge >= 0.3 is 6.03 Å². The number of rotatable bonds is 6. The van der Waals surface area contributed by atoms with Crippen LogP contribution in [-0.4, -0.2) is 36.0 Å². The maximum Gasteiger partial charge on any atom is 0.315 e. The number of urea groups is 1. The van der Waals surface area contributed by atoms with Crippen LogP contribution < -0.4 is 16.0 Å². The SMILES string of the molecule is O=C(NCCc1ccccc1)N[C@@H]1CCCC[C@@H]1C(=O)N1CC[C@H]2[C@H](c3ccccc3)Nc3ccccc3[C@@H]21. The van der Waals surface area contributed by atoms with Crippen LogP contribution >= 0.6 is 0 Å². The number of para-hydroxylation sites is 1. The lowest BCUT2D eigenvalue weighted by Crippen LogP contribution is -2.52. The second kappa shape index (κ2) is 11.5. The van der Waals surface area contributed by atoms with Gasteiger partial charge in [0.15, 0.2) is 0 Å². The number of anilines is 1. The number of amides is 3. The van der Waals surface area contributed by atoms with Crippen LogP contribution in [0.1, 0.15) is 60.9 Å². The van der Waals surface area contributed by atoms with E-state index in [4.69, 9.17) is 0 Å². The van der Waals surface area contributed by atoms with E-state index in [1.165, 1.54) is 16.7 Å². The maximum absolute atomic E-state index is 14.2. The van der Waals surface area contributed by atoms with Crippen molar-refractivity contribution in [2.45, 2.75) is 56.7 Å². The molecule has 0 aromatic heterocycles. The molecule has 3 aromatic rings. The molecule has 2 aliphatic heterocycles. The van der Waals surface area contributed by atoms with Gasteiger partial charge in [0.25, 0.3) is 0 Å². The Labute approximate surface area is 231 Å². The number of fused-ring (bicyclic) bond motifs is 3. The lowest BCUT2D eigenvalue weighted by atomic mass is 9.79. The first-order valence-electron chi connectivity index (χ1n) is 14.5. The van der Waals surface area contributed by atoms with Crippen LogP contribution in [0.2, 0.25) is 0 Å². The summed E-state index contributed by atoms with van der Waals surface area (Å²) in [7, 11) is 0. The minimum atomic E-state index is -0.186. The number of carbonyl (C=O) groups excluding carboxylic acids is 2. The highest BCUT2D eigenvalue weighted by Gasteiger charge is 2.48. The Bertz CT molecular complexity index is 1280. The number of hydrogen-bond donors (Lipinski definition) is 3. The summed E-state index contributed by atoms with van der Waals surface area (Å²) in [4.78, 5) is 29.2. The smallest absolute Gasteiger partial charge is 0.315 e. The van der Waals surface area contributed by atoms with Gasteiger partial charge < -0.3 is 20.9 Å². The minimum absolute atomic E-state index is 0.0439. The van der Waals surface area contributed by atoms with E-state index in [1.807, 2.05) is 18.2 Å². The number of likely N-dealkylation sites (tertiary alicyclic amines) is 1. The number of nitrogens with one attached hydrogen (secondary N) is 3. The van der Waals surface area contributed by atoms with Crippen molar-refractivity contribution in [3.05, 3.63) is 102 Å². The van der Waals surface area contributed by atoms with Gasteiger partial charge in [-0.2, -0.15) is 0 Å². The monoisotopic (exact) mass is 522 g/mol. The maximum atomic E-state index is 14.2. The zero-order chi connectivity index (χ0) is 26.6. The number of nitrogens with zero attached hydrogens (tertiary/aromatic N) is 1. The third-order valence-electron chi connectivity index (χ3n) is 8.85. The first-order valence-corrected chi connectivity index (χ1v) is 14.5. The zero-order valence-electron chi connectivity index (χ0n) is 22.4. The van der Waals surface area contributed by atoms with Gasteiger partial charge in [-0.15, -0.1) is 0 Å². The van der Waals surface area contributed by atoms with Crippen molar-refractivity contribution in [3.8, 4) is 0 Å². The first kappa shape index (κ1) is 25.5. The van der Waals surface area contributed by atoms with Gasteiger partial charge in [-0.25, -0.2) is 4.79 Å². The van der Waals surface area contributed by atoms with Crippen LogP contribution in [0.5, 0.6) is 0 Å². The summed E-state index contributed by atoms with van der Waals surface area (Å²) in [6.45, 7) is 1.32. The van der Waals surface area contributed by atoms with Crippen molar-refractivity contribution in [1.82, 2.24) is 15.5 Å². The van der Waals surface area contributed by atoms with Crippen molar-refractivity contribution in [2.24, 2.45) is 11.8 Å². The van der Waals surface area contributed by atoms with Crippen LogP contribution in [-0.2, 0) is 11.2 Å². The molecule has 0 spiro atoms. The van der Waals surface area contributed by atoms with Gasteiger partial charge in [0, 0.05) is 30.7 Å². The molecule has 6 heteroatoms. The molecule has 1 saturated heterocycles. The summed E-state index contributed by atoms with van der Waals surface area (Å²) < 4.78 is 0. The third-order valence-corrected chi connectivity index (χ3v) is 8.85. The van der Waals surface area contributed by atoms with Crippen LogP contribution in [0.15, 0.2) is 84.9 Å². The van der Waals surface area contributed by atoms with E-state index < -0.39 is 0 Å². The Balaban J connectivity index is 1.17. The molecule has 6 rings (SSSR count). The molecule has 5 atom stereocenters. The van der Waals surface area contributed by atoms with Crippen molar-refractivity contribution < 1.29 is 9.59 Å². The molecule has 3 aromatic carbocycles. The van der Waals surface area contributed by atoms with Crippen LogP contribution in [0.4, 0.5) is 10.5 Å². The summed E-state index contributed by atoms with van der Waals surface area (Å²) in [6.07, 6.45) is 5.47. The molecule has 3 N–H and O–H groups in total. The lowest BCUT2D eigenvalue weighted by molar-refractivity contribution is -0.138. The van der Waals surface area contributed by atoms with Crippen molar-refractivity contribution in [3.63, 3.8) is 0 Å². The zero-order valence-corrected chi connectivity index (χ0v) is 22.4. The number of carbonyl (C=O) groups is 2. The van der Waals surface area contributed by atoms with Gasteiger partial charge in [-0.3, -0.25) is 4.79 Å². The van der Waals surface area contributed by atoms with E-state index >= 15 is 0 Å². The molecular weight excluding hydrogens is 484 g/mol. The Morgan fingerprint density at radius 3 is 2.38 bits per heavy atom. The Hall–Kier alpha value is -3.80. The highest BCUT2D eigenvalue weighted by Crippen LogP contribution is 2.51. The van der Waals surface area contributed by atoms with E-state index in [0.717, 1.165) is 50.8 Å². The summed E-state index contributed by atoms with van der Waals surface area (Å²) in [5, 5.41) is 9.97. The largest absolute Gasteiger partial charge is 0.378 e. The summed E-state index contributed by atoms with van der Waals surface area (Å²) >= 11 is 0. The molecule has 0 radical (unpaired) electrons. The standard InChI is InChI=1S/C33H38N4O2/c38-32(26-16-8-10-18-29(26)36-33(39)34-21-19-23-11-3-1-4-12-23)37-22-20-27-30(24-13-5-2-6-14-24)35-28-17-9-7-15-25(28)31(27)37/h1-7,9,11-15,17,26-27,29-31,35H,8,10,16,18-22H2,(H2,34,36,39)/t26-,27-,29+,30-,31-/m0/s1. The van der Waals surface area contributed by atoms with Gasteiger partial charge in [0.2, 0.25) is 5.91 Å². The summed E-state index contributed by atoms with van der Waals surface area (Å²) in [6, 6.07) is 29.1. The second-order valence-electron chi connectivity index (χ2n) is 11.2. The fourth-order valence-electron chi connectivity index (χ4n) is 6.96. The van der Waals surface area contributed by atoms with E-state index in [-0.39, 0.29) is 36.0 Å². The van der Waals surface area contributed by atoms with Gasteiger partial charge in [-0.1, -0.05) is 91.7 Å². The molecular formula is C33H38N4O2. The molecule has 1 saturated carbocycles. The molecule has 0 unspecified atom stereocenters. The summed E-state index contributed by atoms with van der Waals surface area (Å²) in [5.41, 5.74) is 4.78. The second-order valence-corrected chi connectivity index (χ2v) is 11.2. The normalized spacial score (nSPS) is 25.6. The van der Waals surface area contributed by atoms with E-state index in [1.54, 1.807) is 0 Å². The van der Waals surface area contributed by atoms with Crippen molar-refractivity contribution in [1.29, 1.82) is 0 Å². The van der Waals surface area contributed by atoms with E-state index in [9.17, 15) is 9.59 Å². The molecule has 202 valence electrons. The minimum Gasteiger partial charge on any atom is -0.378 e. The molecule has 39 heavy (non-hydrogen) atoms. The lowest BCUT2D eigenvalue weighted by Gasteiger charge is -2.42. The first-order chi connectivity index (χ1) is 19.2. The Kier molecular flexibility index (Phi) is 7.53. The molecule has 6 nitrogen and oxygen atoms in total. The molecule has 3 amide bonds. The van der Waals surface area contributed by atoms with Crippen LogP contribution in [0, 0.1) is 11.8 Å². The molecule has 1 aliphatic carbocycles. The van der Waals surface area contributed by atoms with Crippen molar-refractivity contribution in [2.75, 3.05) is 18.4 Å². The molecule has 2 heterocycles. The quantitative estimate of drug-likeness (QED) is 0.381. The predicted molar refractivity (Wildman–Crippen MR) is 154 cm³/mol. The van der Waals surface area contributed by atoms with E-state index in [2.05, 4.69) is 87.6 Å². The van der Waals surface area contributed by atoms with E-state index in [0.29, 0.717) is 12.5 Å². The number of hydrogen-bond acceptors (Lipinski definition) is 3. The van der Waals surface area contributed by atoms with Gasteiger partial charge in [0.1, 0.15) is 0 Å². The van der Waals surface area contributed by atoms with Crippen molar-refractivity contribution >= 4 is 17.6 Å². The molecule has 3 aliphatic rings. The highest BCUT2D eigenvalue weighted by molar-refractivity contribution is 5.83. The van der Waals surface area contributed by atoms with Gasteiger partial charge in [0.05, 0.1) is 18.0 Å². The Morgan fingerprint density at radius 2 is 1.56 bits per heavy atom. The van der Waals surface area contributed by atoms with Gasteiger partial charge in [-0.05, 0) is 48.4 Å². The fraction of sp³-hybridized carbons (Fsp3) is 0.394. The van der Waals surface area contributed by atoms with Crippen LogP contribution in [0.25, 0.3) is 0 Å². The van der Waals surface area contributed by atoms with Crippen LogP contribution in [0.3, 0.4) is 0 Å². The average molecular weight is 523 g/mol. The topological polar surface area (TPSA) is 73.5 Å². The average Bonchev–Trinajstić information content (AvgIpc) is 3.43. The third kappa shape index (κ3) is 5.38. The molecule has 2 fully saturated rings. The summed E-state index contributed by atoms with van der Waals surface area (Å²) in [5.74, 6) is 0.317. The fourth-order valence-corrected chi connectivity index (χ4v) is 6.96. The predicted octanol–water partition coefficient (Wildman–Crippen LogP) is 5.84. The Morgan fingerprint density at radius 1 is 0.846 bits per heavy atom.